The highest BCUT2D eigenvalue weighted by molar-refractivity contribution is 7.89. The van der Waals surface area contributed by atoms with E-state index in [-0.39, 0.29) is 36.9 Å². The highest BCUT2D eigenvalue weighted by Gasteiger charge is 2.28. The van der Waals surface area contributed by atoms with Crippen molar-refractivity contribution in [3.05, 3.63) is 52.1 Å². The Hall–Kier alpha value is -3.22. The molecule has 0 amide bonds. The minimum absolute atomic E-state index is 0.0506. The number of rotatable bonds is 8. The lowest BCUT2D eigenvalue weighted by atomic mass is 10.2. The van der Waals surface area contributed by atoms with Crippen molar-refractivity contribution in [1.82, 2.24) is 4.31 Å². The predicted molar refractivity (Wildman–Crippen MR) is 113 cm³/mol. The molecular weight excluding hydrogens is 428 g/mol. The molecule has 0 aliphatic carbocycles. The monoisotopic (exact) mass is 450 g/mol. The molecule has 2 aromatic carbocycles. The van der Waals surface area contributed by atoms with Crippen molar-refractivity contribution in [2.24, 2.45) is 5.10 Å². The molecule has 166 valence electrons. The Morgan fingerprint density at radius 1 is 1.16 bits per heavy atom. The SMILES string of the molecule is COc1ccc(/C=N\Nc2ccc(S(=O)(=O)N3CCOCC3)cc2[N+](=O)[O-])c(OC)c1. The standard InChI is InChI=1S/C19H22N4O7S/c1-28-15-4-3-14(19(11-15)29-2)13-20-21-17-6-5-16(12-18(17)23(24)25)31(26,27)22-7-9-30-10-8-22/h3-6,11-13,21H,7-10H2,1-2H3/b20-13-. The summed E-state index contributed by atoms with van der Waals surface area (Å²) in [4.78, 5) is 10.7. The lowest BCUT2D eigenvalue weighted by Gasteiger charge is -2.26. The molecule has 1 fully saturated rings. The van der Waals surface area contributed by atoms with Gasteiger partial charge < -0.3 is 14.2 Å². The van der Waals surface area contributed by atoms with Crippen molar-refractivity contribution in [2.45, 2.75) is 4.90 Å². The second kappa shape index (κ2) is 9.73. The third-order valence-electron chi connectivity index (χ3n) is 4.60. The second-order valence-corrected chi connectivity index (χ2v) is 8.37. The number of ether oxygens (including phenoxy) is 3. The number of benzene rings is 2. The topological polar surface area (TPSA) is 133 Å². The van der Waals surface area contributed by atoms with E-state index in [0.29, 0.717) is 17.1 Å². The third-order valence-corrected chi connectivity index (χ3v) is 6.50. The Balaban J connectivity index is 1.84. The van der Waals surface area contributed by atoms with Gasteiger partial charge in [-0.2, -0.15) is 9.41 Å². The molecule has 0 spiro atoms. The fourth-order valence-corrected chi connectivity index (χ4v) is 4.38. The van der Waals surface area contributed by atoms with Crippen LogP contribution in [-0.2, 0) is 14.8 Å². The lowest BCUT2D eigenvalue weighted by molar-refractivity contribution is -0.384. The van der Waals surface area contributed by atoms with Gasteiger partial charge in [0.15, 0.2) is 0 Å². The number of anilines is 1. The third kappa shape index (κ3) is 5.10. The van der Waals surface area contributed by atoms with Gasteiger partial charge in [-0.3, -0.25) is 15.5 Å². The van der Waals surface area contributed by atoms with Crippen LogP contribution in [0, 0.1) is 10.1 Å². The van der Waals surface area contributed by atoms with Gasteiger partial charge in [-0.15, -0.1) is 0 Å². The summed E-state index contributed by atoms with van der Waals surface area (Å²) >= 11 is 0. The molecule has 31 heavy (non-hydrogen) atoms. The zero-order valence-corrected chi connectivity index (χ0v) is 17.8. The summed E-state index contributed by atoms with van der Waals surface area (Å²) in [5, 5.41) is 15.6. The van der Waals surface area contributed by atoms with Crippen molar-refractivity contribution < 1.29 is 27.6 Å². The number of nitrogens with one attached hydrogen (secondary N) is 1. The number of morpholine rings is 1. The number of nitrogens with zero attached hydrogens (tertiary/aromatic N) is 3. The smallest absolute Gasteiger partial charge is 0.295 e. The summed E-state index contributed by atoms with van der Waals surface area (Å²) in [5.74, 6) is 1.11. The van der Waals surface area contributed by atoms with Crippen molar-refractivity contribution >= 4 is 27.6 Å². The molecule has 0 aromatic heterocycles. The predicted octanol–water partition coefficient (Wildman–Crippen LogP) is 2.08. The maximum Gasteiger partial charge on any atom is 0.295 e. The molecule has 1 aliphatic heterocycles. The van der Waals surface area contributed by atoms with Crippen LogP contribution < -0.4 is 14.9 Å². The van der Waals surface area contributed by atoms with E-state index in [4.69, 9.17) is 14.2 Å². The molecule has 2 aromatic rings. The zero-order valence-electron chi connectivity index (χ0n) is 17.0. The fourth-order valence-electron chi connectivity index (χ4n) is 2.95. The molecule has 1 saturated heterocycles. The van der Waals surface area contributed by atoms with Crippen LogP contribution >= 0.6 is 0 Å². The summed E-state index contributed by atoms with van der Waals surface area (Å²) in [6, 6.07) is 8.76. The number of hydrogen-bond acceptors (Lipinski definition) is 9. The van der Waals surface area contributed by atoms with Gasteiger partial charge in [-0.05, 0) is 24.3 Å². The molecule has 0 radical (unpaired) electrons. The van der Waals surface area contributed by atoms with Crippen LogP contribution in [-0.4, -0.2) is 64.4 Å². The van der Waals surface area contributed by atoms with Crippen LogP contribution in [0.4, 0.5) is 11.4 Å². The summed E-state index contributed by atoms with van der Waals surface area (Å²) in [5.41, 5.74) is 2.85. The molecule has 1 N–H and O–H groups in total. The quantitative estimate of drug-likeness (QED) is 0.367. The minimum atomic E-state index is -3.86. The number of sulfonamides is 1. The minimum Gasteiger partial charge on any atom is -0.497 e. The molecule has 3 rings (SSSR count). The maximum atomic E-state index is 12.8. The number of hydrazone groups is 1. The molecule has 1 aliphatic rings. The zero-order chi connectivity index (χ0) is 22.4. The Bertz CT molecular complexity index is 1080. The highest BCUT2D eigenvalue weighted by atomic mass is 32.2. The molecule has 0 saturated carbocycles. The van der Waals surface area contributed by atoms with Gasteiger partial charge in [0, 0.05) is 30.8 Å². The van der Waals surface area contributed by atoms with E-state index in [2.05, 4.69) is 10.5 Å². The number of nitro benzene ring substituents is 1. The summed E-state index contributed by atoms with van der Waals surface area (Å²) < 4.78 is 42.4. The Kier molecular flexibility index (Phi) is 7.05. The first-order chi connectivity index (χ1) is 14.9. The summed E-state index contributed by atoms with van der Waals surface area (Å²) in [6.07, 6.45) is 1.43. The van der Waals surface area contributed by atoms with E-state index in [1.54, 1.807) is 18.2 Å². The van der Waals surface area contributed by atoms with Crippen molar-refractivity contribution in [1.29, 1.82) is 0 Å². The van der Waals surface area contributed by atoms with E-state index in [9.17, 15) is 18.5 Å². The van der Waals surface area contributed by atoms with Crippen molar-refractivity contribution in [2.75, 3.05) is 45.9 Å². The average molecular weight is 450 g/mol. The van der Waals surface area contributed by atoms with Gasteiger partial charge in [0.05, 0.1) is 43.5 Å². The van der Waals surface area contributed by atoms with Crippen LogP contribution in [0.2, 0.25) is 0 Å². The van der Waals surface area contributed by atoms with Crippen LogP contribution in [0.25, 0.3) is 0 Å². The van der Waals surface area contributed by atoms with E-state index in [1.165, 1.54) is 36.9 Å². The molecular formula is C19H22N4O7S. The first-order valence-electron chi connectivity index (χ1n) is 9.24. The summed E-state index contributed by atoms with van der Waals surface area (Å²) in [7, 11) is -0.828. The Morgan fingerprint density at radius 2 is 1.90 bits per heavy atom. The van der Waals surface area contributed by atoms with Gasteiger partial charge in [-0.25, -0.2) is 8.42 Å². The van der Waals surface area contributed by atoms with Crippen LogP contribution in [0.5, 0.6) is 11.5 Å². The van der Waals surface area contributed by atoms with E-state index < -0.39 is 20.6 Å². The number of methoxy groups -OCH3 is 2. The largest absolute Gasteiger partial charge is 0.497 e. The molecule has 0 unspecified atom stereocenters. The van der Waals surface area contributed by atoms with Gasteiger partial charge in [0.25, 0.3) is 5.69 Å². The molecule has 0 atom stereocenters. The molecule has 0 bridgehead atoms. The first kappa shape index (κ1) is 22.5. The van der Waals surface area contributed by atoms with Gasteiger partial charge in [-0.1, -0.05) is 0 Å². The molecule has 12 heteroatoms. The van der Waals surface area contributed by atoms with Crippen LogP contribution in [0.3, 0.4) is 0 Å². The number of hydrogen-bond donors (Lipinski definition) is 1. The molecule has 11 nitrogen and oxygen atoms in total. The Morgan fingerprint density at radius 3 is 2.55 bits per heavy atom. The molecule has 1 heterocycles. The Labute approximate surface area is 179 Å². The van der Waals surface area contributed by atoms with Gasteiger partial charge in [0.2, 0.25) is 10.0 Å². The fraction of sp³-hybridized carbons (Fsp3) is 0.316. The average Bonchev–Trinajstić information content (AvgIpc) is 2.79. The second-order valence-electron chi connectivity index (χ2n) is 6.43. The first-order valence-corrected chi connectivity index (χ1v) is 10.7. The van der Waals surface area contributed by atoms with Crippen molar-refractivity contribution in [3.8, 4) is 11.5 Å². The summed E-state index contributed by atoms with van der Waals surface area (Å²) in [6.45, 7) is 0.962. The van der Waals surface area contributed by atoms with E-state index in [0.717, 1.165) is 6.07 Å². The van der Waals surface area contributed by atoms with Gasteiger partial charge >= 0.3 is 0 Å². The highest BCUT2D eigenvalue weighted by Crippen LogP contribution is 2.29. The van der Waals surface area contributed by atoms with Crippen molar-refractivity contribution in [3.63, 3.8) is 0 Å². The normalized spacial score (nSPS) is 15.0. The van der Waals surface area contributed by atoms with E-state index in [1.807, 2.05) is 0 Å². The number of nitro groups is 1. The van der Waals surface area contributed by atoms with E-state index >= 15 is 0 Å². The van der Waals surface area contributed by atoms with Gasteiger partial charge in [0.1, 0.15) is 17.2 Å². The van der Waals surface area contributed by atoms with Crippen LogP contribution in [0.15, 0.2) is 46.4 Å². The van der Waals surface area contributed by atoms with Crippen LogP contribution in [0.1, 0.15) is 5.56 Å². The lowest BCUT2D eigenvalue weighted by Crippen LogP contribution is -2.40. The maximum absolute atomic E-state index is 12.8.